The molecule has 1 aromatic rings. The van der Waals surface area contributed by atoms with Gasteiger partial charge < -0.3 is 10.2 Å². The highest BCUT2D eigenvalue weighted by molar-refractivity contribution is 5.94. The van der Waals surface area contributed by atoms with Crippen molar-refractivity contribution >= 4 is 11.8 Å². The Morgan fingerprint density at radius 1 is 1.38 bits per heavy atom. The lowest BCUT2D eigenvalue weighted by Crippen LogP contribution is -2.26. The molecule has 1 heterocycles. The lowest BCUT2D eigenvalue weighted by atomic mass is 10.1. The molecular weight excluding hydrogens is 264 g/mol. The van der Waals surface area contributed by atoms with E-state index in [0.717, 1.165) is 24.9 Å². The number of carbonyl (C=O) groups excluding carboxylic acids is 2. The minimum absolute atomic E-state index is 0.0368. The van der Waals surface area contributed by atoms with Crippen LogP contribution in [-0.2, 0) is 11.3 Å². The summed E-state index contributed by atoms with van der Waals surface area (Å²) < 4.78 is 0. The van der Waals surface area contributed by atoms with Crippen molar-refractivity contribution in [3.8, 4) is 0 Å². The smallest absolute Gasteiger partial charge is 0.251 e. The largest absolute Gasteiger partial charge is 0.352 e. The van der Waals surface area contributed by atoms with Crippen molar-refractivity contribution in [2.24, 2.45) is 5.92 Å². The van der Waals surface area contributed by atoms with E-state index in [1.165, 1.54) is 0 Å². The minimum atomic E-state index is -0.0368. The zero-order chi connectivity index (χ0) is 15.2. The molecule has 0 atom stereocenters. The van der Waals surface area contributed by atoms with Crippen LogP contribution in [0.25, 0.3) is 0 Å². The van der Waals surface area contributed by atoms with Crippen LogP contribution < -0.4 is 5.32 Å². The summed E-state index contributed by atoms with van der Waals surface area (Å²) in [5.74, 6) is 0.754. The number of nitrogens with one attached hydrogen (secondary N) is 1. The Balaban J connectivity index is 1.93. The third-order valence-electron chi connectivity index (χ3n) is 3.74. The molecule has 0 bridgehead atoms. The van der Waals surface area contributed by atoms with Crippen LogP contribution >= 0.6 is 0 Å². The quantitative estimate of drug-likeness (QED) is 0.874. The van der Waals surface area contributed by atoms with E-state index in [1.54, 1.807) is 0 Å². The van der Waals surface area contributed by atoms with E-state index in [1.807, 2.05) is 29.2 Å². The van der Waals surface area contributed by atoms with Gasteiger partial charge in [-0.1, -0.05) is 26.0 Å². The highest BCUT2D eigenvalue weighted by atomic mass is 16.2. The van der Waals surface area contributed by atoms with Gasteiger partial charge in [-0.05, 0) is 36.5 Å². The molecule has 0 spiro atoms. The molecule has 1 fully saturated rings. The molecule has 0 radical (unpaired) electrons. The van der Waals surface area contributed by atoms with Gasteiger partial charge in [-0.2, -0.15) is 0 Å². The first kappa shape index (κ1) is 15.5. The first-order chi connectivity index (χ1) is 10.1. The predicted octanol–water partition coefficient (Wildman–Crippen LogP) is 2.58. The van der Waals surface area contributed by atoms with Crippen LogP contribution in [0.5, 0.6) is 0 Å². The van der Waals surface area contributed by atoms with Crippen LogP contribution in [-0.4, -0.2) is 29.8 Å². The molecule has 4 heteroatoms. The van der Waals surface area contributed by atoms with Gasteiger partial charge in [0.2, 0.25) is 5.91 Å². The molecule has 1 aliphatic heterocycles. The monoisotopic (exact) mass is 288 g/mol. The van der Waals surface area contributed by atoms with Gasteiger partial charge in [-0.15, -0.1) is 0 Å². The molecule has 4 nitrogen and oxygen atoms in total. The Morgan fingerprint density at radius 3 is 2.86 bits per heavy atom. The second kappa shape index (κ2) is 7.25. The van der Waals surface area contributed by atoms with E-state index in [9.17, 15) is 9.59 Å². The standard InChI is InChI=1S/C17H24N2O2/c1-13(2)8-9-18-17(21)15-6-3-5-14(11-15)12-19-10-4-7-16(19)20/h3,5-6,11,13H,4,7-10,12H2,1-2H3,(H,18,21). The first-order valence-corrected chi connectivity index (χ1v) is 7.71. The molecule has 0 aromatic heterocycles. The summed E-state index contributed by atoms with van der Waals surface area (Å²) in [5, 5.41) is 2.94. The van der Waals surface area contributed by atoms with Gasteiger partial charge in [-0.3, -0.25) is 9.59 Å². The van der Waals surface area contributed by atoms with Crippen molar-refractivity contribution in [1.29, 1.82) is 0 Å². The number of hydrogen-bond acceptors (Lipinski definition) is 2. The maximum absolute atomic E-state index is 12.1. The number of carbonyl (C=O) groups is 2. The Bertz CT molecular complexity index is 511. The van der Waals surface area contributed by atoms with Crippen LogP contribution in [0.4, 0.5) is 0 Å². The third kappa shape index (κ3) is 4.59. The SMILES string of the molecule is CC(C)CCNC(=O)c1cccc(CN2CCCC2=O)c1. The number of rotatable bonds is 6. The maximum atomic E-state index is 12.1. The topological polar surface area (TPSA) is 49.4 Å². The van der Waals surface area contributed by atoms with Crippen molar-refractivity contribution in [2.75, 3.05) is 13.1 Å². The summed E-state index contributed by atoms with van der Waals surface area (Å²) in [5.41, 5.74) is 1.68. The van der Waals surface area contributed by atoms with Crippen molar-refractivity contribution in [3.63, 3.8) is 0 Å². The second-order valence-corrected chi connectivity index (χ2v) is 6.06. The molecule has 1 saturated heterocycles. The second-order valence-electron chi connectivity index (χ2n) is 6.06. The summed E-state index contributed by atoms with van der Waals surface area (Å²) in [6.45, 7) is 6.40. The van der Waals surface area contributed by atoms with Gasteiger partial charge in [0.05, 0.1) is 0 Å². The van der Waals surface area contributed by atoms with E-state index in [4.69, 9.17) is 0 Å². The number of nitrogens with zero attached hydrogens (tertiary/aromatic N) is 1. The number of hydrogen-bond donors (Lipinski definition) is 1. The lowest BCUT2D eigenvalue weighted by Gasteiger charge is -2.16. The van der Waals surface area contributed by atoms with Gasteiger partial charge in [0, 0.05) is 31.6 Å². The zero-order valence-corrected chi connectivity index (χ0v) is 12.9. The summed E-state index contributed by atoms with van der Waals surface area (Å²) in [4.78, 5) is 25.6. The Kier molecular flexibility index (Phi) is 5.37. The molecule has 2 amide bonds. The van der Waals surface area contributed by atoms with Gasteiger partial charge in [0.15, 0.2) is 0 Å². The summed E-state index contributed by atoms with van der Waals surface area (Å²) in [7, 11) is 0. The van der Waals surface area contributed by atoms with Gasteiger partial charge >= 0.3 is 0 Å². The zero-order valence-electron chi connectivity index (χ0n) is 12.9. The van der Waals surface area contributed by atoms with E-state index in [2.05, 4.69) is 19.2 Å². The minimum Gasteiger partial charge on any atom is -0.352 e. The molecular formula is C17H24N2O2. The predicted molar refractivity (Wildman–Crippen MR) is 82.9 cm³/mol. The molecule has 1 aromatic carbocycles. The Labute approximate surface area is 126 Å². The molecule has 0 saturated carbocycles. The maximum Gasteiger partial charge on any atom is 0.251 e. The average molecular weight is 288 g/mol. The summed E-state index contributed by atoms with van der Waals surface area (Å²) in [6, 6.07) is 7.56. The fourth-order valence-electron chi connectivity index (χ4n) is 2.48. The molecule has 2 rings (SSSR count). The highest BCUT2D eigenvalue weighted by Gasteiger charge is 2.20. The molecule has 21 heavy (non-hydrogen) atoms. The average Bonchev–Trinajstić information content (AvgIpc) is 2.84. The number of likely N-dealkylation sites (tertiary alicyclic amines) is 1. The fraction of sp³-hybridized carbons (Fsp3) is 0.529. The Morgan fingerprint density at radius 2 is 2.19 bits per heavy atom. The lowest BCUT2D eigenvalue weighted by molar-refractivity contribution is -0.128. The Hall–Kier alpha value is -1.84. The summed E-state index contributed by atoms with van der Waals surface area (Å²) in [6.07, 6.45) is 2.57. The van der Waals surface area contributed by atoms with Crippen molar-refractivity contribution < 1.29 is 9.59 Å². The molecule has 1 N–H and O–H groups in total. The molecule has 0 aliphatic carbocycles. The number of amides is 2. The van der Waals surface area contributed by atoms with Crippen LogP contribution in [0.1, 0.15) is 49.0 Å². The fourth-order valence-corrected chi connectivity index (χ4v) is 2.48. The normalized spacial score (nSPS) is 14.8. The van der Waals surface area contributed by atoms with Crippen molar-refractivity contribution in [3.05, 3.63) is 35.4 Å². The van der Waals surface area contributed by atoms with E-state index < -0.39 is 0 Å². The highest BCUT2D eigenvalue weighted by Crippen LogP contribution is 2.15. The van der Waals surface area contributed by atoms with Crippen LogP contribution in [0, 0.1) is 5.92 Å². The van der Waals surface area contributed by atoms with E-state index in [-0.39, 0.29) is 11.8 Å². The van der Waals surface area contributed by atoms with Crippen LogP contribution in [0.3, 0.4) is 0 Å². The third-order valence-corrected chi connectivity index (χ3v) is 3.74. The molecule has 114 valence electrons. The van der Waals surface area contributed by atoms with Crippen molar-refractivity contribution in [1.82, 2.24) is 10.2 Å². The van der Waals surface area contributed by atoms with Gasteiger partial charge in [0.25, 0.3) is 5.91 Å². The molecule has 0 unspecified atom stereocenters. The van der Waals surface area contributed by atoms with E-state index in [0.29, 0.717) is 31.0 Å². The first-order valence-electron chi connectivity index (χ1n) is 7.71. The van der Waals surface area contributed by atoms with Crippen LogP contribution in [0.2, 0.25) is 0 Å². The number of benzene rings is 1. The van der Waals surface area contributed by atoms with Crippen molar-refractivity contribution in [2.45, 2.75) is 39.7 Å². The summed E-state index contributed by atoms with van der Waals surface area (Å²) >= 11 is 0. The van der Waals surface area contributed by atoms with Gasteiger partial charge in [-0.25, -0.2) is 0 Å². The van der Waals surface area contributed by atoms with E-state index >= 15 is 0 Å². The van der Waals surface area contributed by atoms with Gasteiger partial charge in [0.1, 0.15) is 0 Å². The van der Waals surface area contributed by atoms with Crippen LogP contribution in [0.15, 0.2) is 24.3 Å². The molecule has 1 aliphatic rings.